The summed E-state index contributed by atoms with van der Waals surface area (Å²) >= 11 is 4.43. The van der Waals surface area contributed by atoms with Crippen molar-refractivity contribution >= 4 is 28.9 Å². The van der Waals surface area contributed by atoms with E-state index in [-0.39, 0.29) is 5.82 Å². The fourth-order valence-corrected chi connectivity index (χ4v) is 0.880. The maximum Gasteiger partial charge on any atom is 0.312 e. The Morgan fingerprint density at radius 2 is 2.54 bits per heavy atom. The van der Waals surface area contributed by atoms with Gasteiger partial charge in [-0.05, 0) is 12.2 Å². The highest BCUT2D eigenvalue weighted by molar-refractivity contribution is 7.78. The fraction of sp³-hybridized carbons (Fsp3) is 0.125. The number of aromatic nitrogens is 1. The van der Waals surface area contributed by atoms with Crippen molar-refractivity contribution in [2.75, 3.05) is 7.11 Å². The third kappa shape index (κ3) is 2.09. The van der Waals surface area contributed by atoms with Gasteiger partial charge in [-0.15, -0.1) is 4.98 Å². The summed E-state index contributed by atoms with van der Waals surface area (Å²) < 4.78 is 4.93. The van der Waals surface area contributed by atoms with Crippen LogP contribution in [0, 0.1) is 6.57 Å². The first-order chi connectivity index (χ1) is 6.31. The molecule has 64 valence electrons. The van der Waals surface area contributed by atoms with E-state index in [4.69, 9.17) is 11.3 Å². The summed E-state index contributed by atoms with van der Waals surface area (Å²) in [5.74, 6) is 0.604. The lowest BCUT2D eigenvalue weighted by atomic mass is 10.4. The van der Waals surface area contributed by atoms with Crippen LogP contribution >= 0.6 is 12.2 Å². The first-order valence-electron chi connectivity index (χ1n) is 3.31. The van der Waals surface area contributed by atoms with Crippen molar-refractivity contribution < 1.29 is 4.74 Å². The molecule has 0 saturated carbocycles. The third-order valence-corrected chi connectivity index (χ3v) is 1.41. The summed E-state index contributed by atoms with van der Waals surface area (Å²) in [7, 11) is 1.47. The predicted molar refractivity (Wildman–Crippen MR) is 51.7 cm³/mol. The van der Waals surface area contributed by atoms with E-state index in [0.717, 1.165) is 0 Å². The number of isothiocyanates is 1. The molecule has 5 heteroatoms. The van der Waals surface area contributed by atoms with Gasteiger partial charge in [0.15, 0.2) is 0 Å². The molecule has 0 bridgehead atoms. The lowest BCUT2D eigenvalue weighted by molar-refractivity contribution is 0.416. The highest BCUT2D eigenvalue weighted by Crippen LogP contribution is 2.28. The molecule has 0 aromatic carbocycles. The number of aliphatic imine (C=N–C) groups is 1. The summed E-state index contributed by atoms with van der Waals surface area (Å²) in [5, 5.41) is 2.21. The fourth-order valence-electron chi connectivity index (χ4n) is 0.775. The monoisotopic (exact) mass is 191 g/mol. The minimum atomic E-state index is 0.214. The van der Waals surface area contributed by atoms with E-state index in [1.165, 1.54) is 13.3 Å². The topological polar surface area (TPSA) is 38.8 Å². The highest BCUT2D eigenvalue weighted by atomic mass is 32.1. The van der Waals surface area contributed by atoms with Crippen LogP contribution in [0.4, 0.5) is 11.5 Å². The van der Waals surface area contributed by atoms with Gasteiger partial charge in [-0.3, -0.25) is 0 Å². The van der Waals surface area contributed by atoms with Crippen LogP contribution in [0.15, 0.2) is 17.3 Å². The molecule has 1 aromatic rings. The summed E-state index contributed by atoms with van der Waals surface area (Å²) in [6.07, 6.45) is 1.44. The summed E-state index contributed by atoms with van der Waals surface area (Å²) in [4.78, 5) is 10.7. The molecule has 0 spiro atoms. The van der Waals surface area contributed by atoms with Gasteiger partial charge in [-0.25, -0.2) is 0 Å². The van der Waals surface area contributed by atoms with Gasteiger partial charge in [0.1, 0.15) is 17.6 Å². The van der Waals surface area contributed by atoms with Crippen molar-refractivity contribution in [1.29, 1.82) is 0 Å². The van der Waals surface area contributed by atoms with Gasteiger partial charge >= 0.3 is 5.82 Å². The largest absolute Gasteiger partial charge is 0.506 e. The highest BCUT2D eigenvalue weighted by Gasteiger charge is 2.05. The van der Waals surface area contributed by atoms with Crippen LogP contribution in [0.3, 0.4) is 0 Å². The van der Waals surface area contributed by atoms with Gasteiger partial charge in [0.2, 0.25) is 0 Å². The summed E-state index contributed by atoms with van der Waals surface area (Å²) in [5.41, 5.74) is 0.527. The molecule has 1 aromatic heterocycles. The number of hydrogen-bond acceptors (Lipinski definition) is 4. The molecule has 0 unspecified atom stereocenters. The van der Waals surface area contributed by atoms with Crippen LogP contribution in [0.25, 0.3) is 4.85 Å². The van der Waals surface area contributed by atoms with E-state index in [1.54, 1.807) is 6.07 Å². The molecule has 0 N–H and O–H groups in total. The molecule has 0 saturated heterocycles. The minimum Gasteiger partial charge on any atom is -0.506 e. The van der Waals surface area contributed by atoms with Crippen molar-refractivity contribution in [2.24, 2.45) is 4.99 Å². The van der Waals surface area contributed by atoms with Gasteiger partial charge in [-0.2, -0.15) is 4.99 Å². The second kappa shape index (κ2) is 4.31. The van der Waals surface area contributed by atoms with Crippen molar-refractivity contribution in [3.63, 3.8) is 0 Å². The first-order valence-corrected chi connectivity index (χ1v) is 3.72. The van der Waals surface area contributed by atoms with Gasteiger partial charge in [0, 0.05) is 6.07 Å². The Balaban J connectivity index is 3.22. The summed E-state index contributed by atoms with van der Waals surface area (Å²) in [6, 6.07) is 1.58. The average molecular weight is 191 g/mol. The molecule has 4 nitrogen and oxygen atoms in total. The number of hydrogen-bond donors (Lipinski definition) is 0. The number of thiocarbonyl (C=S) groups is 1. The van der Waals surface area contributed by atoms with Crippen molar-refractivity contribution in [2.45, 2.75) is 0 Å². The van der Waals surface area contributed by atoms with Gasteiger partial charge < -0.3 is 9.58 Å². The van der Waals surface area contributed by atoms with Crippen LogP contribution in [-0.2, 0) is 0 Å². The Morgan fingerprint density at radius 1 is 1.77 bits per heavy atom. The van der Waals surface area contributed by atoms with E-state index in [2.05, 4.69) is 32.2 Å². The molecule has 0 fully saturated rings. The van der Waals surface area contributed by atoms with Crippen LogP contribution < -0.4 is 4.74 Å². The average Bonchev–Trinajstić information content (AvgIpc) is 2.18. The normalized spacial score (nSPS) is 8.31. The number of methoxy groups -OCH3 is 1. The van der Waals surface area contributed by atoms with E-state index in [0.29, 0.717) is 11.4 Å². The minimum absolute atomic E-state index is 0.214. The smallest absolute Gasteiger partial charge is 0.312 e. The molecule has 13 heavy (non-hydrogen) atoms. The molecule has 0 radical (unpaired) electrons. The lowest BCUT2D eigenvalue weighted by Crippen LogP contribution is -1.84. The quantitative estimate of drug-likeness (QED) is 0.409. The molecule has 1 rings (SSSR count). The number of rotatable bonds is 2. The number of nitrogens with zero attached hydrogens (tertiary/aromatic N) is 3. The Hall–Kier alpha value is -1.76. The molecule has 0 aliphatic carbocycles. The van der Waals surface area contributed by atoms with Crippen LogP contribution in [0.1, 0.15) is 0 Å². The number of pyridine rings is 1. The second-order valence-corrected chi connectivity index (χ2v) is 2.22. The zero-order valence-electron chi connectivity index (χ0n) is 6.81. The van der Waals surface area contributed by atoms with E-state index < -0.39 is 0 Å². The molecular weight excluding hydrogens is 186 g/mol. The Kier molecular flexibility index (Phi) is 3.09. The molecular formula is C8H5N3OS. The SMILES string of the molecule is [C-]#[N+]c1ncc(N=C=S)cc1OC. The molecule has 0 aliphatic rings. The van der Waals surface area contributed by atoms with Crippen molar-refractivity contribution in [3.8, 4) is 5.75 Å². The Morgan fingerprint density at radius 3 is 3.08 bits per heavy atom. The molecule has 0 atom stereocenters. The summed E-state index contributed by atoms with van der Waals surface area (Å²) in [6.45, 7) is 6.78. The Bertz CT molecular complexity index is 404. The number of ether oxygens (including phenoxy) is 1. The Labute approximate surface area is 80.7 Å². The second-order valence-electron chi connectivity index (χ2n) is 2.03. The van der Waals surface area contributed by atoms with Crippen molar-refractivity contribution in [1.82, 2.24) is 4.98 Å². The van der Waals surface area contributed by atoms with E-state index in [1.807, 2.05) is 0 Å². The van der Waals surface area contributed by atoms with E-state index >= 15 is 0 Å². The van der Waals surface area contributed by atoms with Gasteiger partial charge in [-0.1, -0.05) is 6.57 Å². The zero-order valence-corrected chi connectivity index (χ0v) is 7.63. The molecule has 0 aliphatic heterocycles. The predicted octanol–water partition coefficient (Wildman–Crippen LogP) is 2.38. The van der Waals surface area contributed by atoms with E-state index in [9.17, 15) is 0 Å². The maximum absolute atomic E-state index is 6.78. The maximum atomic E-state index is 6.78. The standard InChI is InChI=1S/C8H5N3OS/c1-9-8-7(12-2)3-6(4-10-8)11-5-13/h3-4H,2H3. The van der Waals surface area contributed by atoms with Gasteiger partial charge in [0.25, 0.3) is 0 Å². The third-order valence-electron chi connectivity index (χ3n) is 1.32. The molecule has 0 amide bonds. The first kappa shape index (κ1) is 9.33. The van der Waals surface area contributed by atoms with Crippen molar-refractivity contribution in [3.05, 3.63) is 23.7 Å². The van der Waals surface area contributed by atoms with Crippen LogP contribution in [0.2, 0.25) is 0 Å². The molecule has 1 heterocycles. The lowest BCUT2D eigenvalue weighted by Gasteiger charge is -2.00. The zero-order chi connectivity index (χ0) is 9.68. The van der Waals surface area contributed by atoms with Crippen LogP contribution in [0.5, 0.6) is 5.75 Å². The van der Waals surface area contributed by atoms with Crippen LogP contribution in [-0.4, -0.2) is 17.3 Å². The van der Waals surface area contributed by atoms with Gasteiger partial charge in [0.05, 0.1) is 12.3 Å².